The predicted octanol–water partition coefficient (Wildman–Crippen LogP) is 0.994. The van der Waals surface area contributed by atoms with Gasteiger partial charge in [-0.2, -0.15) is 0 Å². The highest BCUT2D eigenvalue weighted by Gasteiger charge is 2.17. The number of amides is 1. The van der Waals surface area contributed by atoms with Crippen molar-refractivity contribution in [1.82, 2.24) is 10.2 Å². The highest BCUT2D eigenvalue weighted by atomic mass is 16.3. The van der Waals surface area contributed by atoms with E-state index in [2.05, 4.69) is 10.2 Å². The molecule has 0 aliphatic heterocycles. The summed E-state index contributed by atoms with van der Waals surface area (Å²) in [4.78, 5) is 13.5. The van der Waals surface area contributed by atoms with E-state index >= 15 is 0 Å². The fourth-order valence-electron chi connectivity index (χ4n) is 1.55. The smallest absolute Gasteiger partial charge is 0.221 e. The van der Waals surface area contributed by atoms with Gasteiger partial charge in [-0.25, -0.2) is 0 Å². The Balaban J connectivity index is 3.92. The summed E-state index contributed by atoms with van der Waals surface area (Å²) in [6, 6.07) is 0.192. The Morgan fingerprint density at radius 2 is 2.00 bits per heavy atom. The predicted molar refractivity (Wildman–Crippen MR) is 66.3 cm³/mol. The minimum atomic E-state index is -0.704. The van der Waals surface area contributed by atoms with Crippen LogP contribution in [-0.2, 0) is 4.79 Å². The van der Waals surface area contributed by atoms with E-state index in [1.54, 1.807) is 13.8 Å². The van der Waals surface area contributed by atoms with Crippen LogP contribution in [0.3, 0.4) is 0 Å². The van der Waals surface area contributed by atoms with Crippen molar-refractivity contribution in [2.24, 2.45) is 0 Å². The van der Waals surface area contributed by atoms with E-state index in [0.717, 1.165) is 6.54 Å². The third kappa shape index (κ3) is 8.68. The average molecular weight is 230 g/mol. The standard InChI is InChI=1S/C12H26N2O2/c1-6-14(9-12(4,5)16)8-7-11(15)13-10(2)3/h10,16H,6-9H2,1-5H3,(H,13,15). The molecule has 0 unspecified atom stereocenters. The molecule has 0 spiro atoms. The van der Waals surface area contributed by atoms with Crippen LogP contribution in [0.25, 0.3) is 0 Å². The first-order chi connectivity index (χ1) is 7.24. The second-order valence-electron chi connectivity index (χ2n) is 5.15. The number of nitrogens with one attached hydrogen (secondary N) is 1. The number of aliphatic hydroxyl groups is 1. The highest BCUT2D eigenvalue weighted by Crippen LogP contribution is 2.05. The highest BCUT2D eigenvalue weighted by molar-refractivity contribution is 5.76. The van der Waals surface area contributed by atoms with Gasteiger partial charge in [-0.1, -0.05) is 6.92 Å². The van der Waals surface area contributed by atoms with Crippen molar-refractivity contribution in [1.29, 1.82) is 0 Å². The zero-order valence-corrected chi connectivity index (χ0v) is 11.2. The van der Waals surface area contributed by atoms with Crippen molar-refractivity contribution < 1.29 is 9.90 Å². The first-order valence-corrected chi connectivity index (χ1v) is 5.98. The molecule has 0 bridgehead atoms. The fraction of sp³-hybridized carbons (Fsp3) is 0.917. The Morgan fingerprint density at radius 3 is 2.38 bits per heavy atom. The lowest BCUT2D eigenvalue weighted by atomic mass is 10.1. The summed E-state index contributed by atoms with van der Waals surface area (Å²) in [5.74, 6) is 0.0733. The third-order valence-electron chi connectivity index (χ3n) is 2.16. The number of nitrogens with zero attached hydrogens (tertiary/aromatic N) is 1. The van der Waals surface area contributed by atoms with Gasteiger partial charge >= 0.3 is 0 Å². The lowest BCUT2D eigenvalue weighted by Gasteiger charge is -2.27. The minimum absolute atomic E-state index is 0.0733. The van der Waals surface area contributed by atoms with Crippen LogP contribution in [-0.4, -0.2) is 47.2 Å². The van der Waals surface area contributed by atoms with Gasteiger partial charge in [0.05, 0.1) is 5.60 Å². The van der Waals surface area contributed by atoms with Crippen LogP contribution >= 0.6 is 0 Å². The lowest BCUT2D eigenvalue weighted by molar-refractivity contribution is -0.122. The van der Waals surface area contributed by atoms with Crippen LogP contribution in [0.4, 0.5) is 0 Å². The molecular formula is C12H26N2O2. The Kier molecular flexibility index (Phi) is 6.60. The molecule has 0 aromatic carbocycles. The molecule has 0 aliphatic carbocycles. The molecule has 0 fully saturated rings. The first kappa shape index (κ1) is 15.4. The van der Waals surface area contributed by atoms with Gasteiger partial charge in [-0.3, -0.25) is 4.79 Å². The van der Waals surface area contributed by atoms with Gasteiger partial charge in [-0.05, 0) is 34.2 Å². The van der Waals surface area contributed by atoms with Crippen LogP contribution in [0.1, 0.15) is 41.0 Å². The zero-order valence-electron chi connectivity index (χ0n) is 11.2. The molecule has 4 nitrogen and oxygen atoms in total. The van der Waals surface area contributed by atoms with Crippen LogP contribution in [0.5, 0.6) is 0 Å². The average Bonchev–Trinajstić information content (AvgIpc) is 2.09. The molecule has 96 valence electrons. The molecule has 0 heterocycles. The molecule has 0 saturated heterocycles. The molecule has 0 atom stereocenters. The Hall–Kier alpha value is -0.610. The molecule has 0 rings (SSSR count). The lowest BCUT2D eigenvalue weighted by Crippen LogP contribution is -2.41. The van der Waals surface area contributed by atoms with Gasteiger partial charge in [0, 0.05) is 25.6 Å². The van der Waals surface area contributed by atoms with Crippen molar-refractivity contribution in [3.63, 3.8) is 0 Å². The summed E-state index contributed by atoms with van der Waals surface area (Å²) >= 11 is 0. The first-order valence-electron chi connectivity index (χ1n) is 5.98. The van der Waals surface area contributed by atoms with Gasteiger partial charge in [-0.15, -0.1) is 0 Å². The van der Waals surface area contributed by atoms with E-state index in [1.807, 2.05) is 20.8 Å². The van der Waals surface area contributed by atoms with E-state index in [-0.39, 0.29) is 11.9 Å². The Bertz CT molecular complexity index is 210. The van der Waals surface area contributed by atoms with Crippen LogP contribution in [0.15, 0.2) is 0 Å². The Labute approximate surface area is 99.0 Å². The van der Waals surface area contributed by atoms with Crippen molar-refractivity contribution in [3.05, 3.63) is 0 Å². The summed E-state index contributed by atoms with van der Waals surface area (Å²) in [5, 5.41) is 12.5. The van der Waals surface area contributed by atoms with E-state index in [0.29, 0.717) is 19.5 Å². The SMILES string of the molecule is CCN(CCC(=O)NC(C)C)CC(C)(C)O. The minimum Gasteiger partial charge on any atom is -0.389 e. The summed E-state index contributed by atoms with van der Waals surface area (Å²) in [6.07, 6.45) is 0.488. The second-order valence-corrected chi connectivity index (χ2v) is 5.15. The molecule has 16 heavy (non-hydrogen) atoms. The molecule has 0 aromatic heterocycles. The van der Waals surface area contributed by atoms with E-state index in [4.69, 9.17) is 0 Å². The number of hydrogen-bond acceptors (Lipinski definition) is 3. The summed E-state index contributed by atoms with van der Waals surface area (Å²) in [6.45, 7) is 11.6. The topological polar surface area (TPSA) is 52.6 Å². The number of likely N-dealkylation sites (N-methyl/N-ethyl adjacent to an activating group) is 1. The van der Waals surface area contributed by atoms with Gasteiger partial charge in [0.1, 0.15) is 0 Å². The maximum absolute atomic E-state index is 11.4. The van der Waals surface area contributed by atoms with E-state index in [1.165, 1.54) is 0 Å². The number of hydrogen-bond donors (Lipinski definition) is 2. The summed E-state index contributed by atoms with van der Waals surface area (Å²) in [7, 11) is 0. The molecule has 0 radical (unpaired) electrons. The third-order valence-corrected chi connectivity index (χ3v) is 2.16. The molecule has 4 heteroatoms. The maximum atomic E-state index is 11.4. The summed E-state index contributed by atoms with van der Waals surface area (Å²) < 4.78 is 0. The molecule has 0 aliphatic rings. The molecule has 1 amide bonds. The van der Waals surface area contributed by atoms with Crippen molar-refractivity contribution >= 4 is 5.91 Å². The van der Waals surface area contributed by atoms with Crippen molar-refractivity contribution in [3.8, 4) is 0 Å². The van der Waals surface area contributed by atoms with Crippen LogP contribution < -0.4 is 5.32 Å². The van der Waals surface area contributed by atoms with Crippen molar-refractivity contribution in [2.75, 3.05) is 19.6 Å². The van der Waals surface area contributed by atoms with Gasteiger partial charge in [0.25, 0.3) is 0 Å². The zero-order chi connectivity index (χ0) is 12.8. The van der Waals surface area contributed by atoms with Gasteiger partial charge < -0.3 is 15.3 Å². The van der Waals surface area contributed by atoms with Gasteiger partial charge in [0.2, 0.25) is 5.91 Å². The number of rotatable bonds is 7. The van der Waals surface area contributed by atoms with Crippen LogP contribution in [0.2, 0.25) is 0 Å². The van der Waals surface area contributed by atoms with Crippen LogP contribution in [0, 0.1) is 0 Å². The number of carbonyl (C=O) groups excluding carboxylic acids is 1. The van der Waals surface area contributed by atoms with E-state index < -0.39 is 5.60 Å². The monoisotopic (exact) mass is 230 g/mol. The molecule has 0 saturated carbocycles. The second kappa shape index (κ2) is 6.86. The van der Waals surface area contributed by atoms with E-state index in [9.17, 15) is 9.90 Å². The maximum Gasteiger partial charge on any atom is 0.221 e. The molecular weight excluding hydrogens is 204 g/mol. The fourth-order valence-corrected chi connectivity index (χ4v) is 1.55. The molecule has 2 N–H and O–H groups in total. The molecule has 0 aromatic rings. The largest absolute Gasteiger partial charge is 0.389 e. The normalized spacial score (nSPS) is 12.2. The van der Waals surface area contributed by atoms with Crippen molar-refractivity contribution in [2.45, 2.75) is 52.7 Å². The quantitative estimate of drug-likeness (QED) is 0.686. The summed E-state index contributed by atoms with van der Waals surface area (Å²) in [5.41, 5.74) is -0.704. The Morgan fingerprint density at radius 1 is 1.44 bits per heavy atom. The number of carbonyl (C=O) groups is 1. The van der Waals surface area contributed by atoms with Gasteiger partial charge in [0.15, 0.2) is 0 Å².